The van der Waals surface area contributed by atoms with E-state index in [-0.39, 0.29) is 6.42 Å². The molecule has 0 heterocycles. The van der Waals surface area contributed by atoms with Crippen LogP contribution in [0.3, 0.4) is 0 Å². The highest BCUT2D eigenvalue weighted by Gasteiger charge is 2.28. The van der Waals surface area contributed by atoms with Crippen molar-refractivity contribution in [2.75, 3.05) is 0 Å². The Bertz CT molecular complexity index is 430. The van der Waals surface area contributed by atoms with Gasteiger partial charge in [0.25, 0.3) is 0 Å². The first-order valence-electron chi connectivity index (χ1n) is 6.11. The molecule has 0 amide bonds. The molecule has 1 aromatic rings. The van der Waals surface area contributed by atoms with Crippen molar-refractivity contribution in [2.24, 2.45) is 0 Å². The predicted molar refractivity (Wildman–Crippen MR) is 70.6 cm³/mol. The number of alkyl halides is 1. The van der Waals surface area contributed by atoms with Crippen LogP contribution in [0.2, 0.25) is 0 Å². The second-order valence-corrected chi connectivity index (χ2v) is 6.01. The standard InChI is InChI=1S/C15H21FO2/c1-14(2,10-13(17)18)12-8-6-5-7-11(12)9-15(3,4)16/h5-8H,9-10H2,1-4H3,(H,17,18). The van der Waals surface area contributed by atoms with Crippen LogP contribution in [0, 0.1) is 0 Å². The van der Waals surface area contributed by atoms with Crippen LogP contribution in [0.15, 0.2) is 24.3 Å². The second kappa shape index (κ2) is 5.09. The topological polar surface area (TPSA) is 37.3 Å². The third-order valence-corrected chi connectivity index (χ3v) is 2.95. The molecule has 0 aliphatic heterocycles. The Morgan fingerprint density at radius 3 is 2.28 bits per heavy atom. The summed E-state index contributed by atoms with van der Waals surface area (Å²) in [5.41, 5.74) is 0.0117. The summed E-state index contributed by atoms with van der Waals surface area (Å²) < 4.78 is 13.8. The van der Waals surface area contributed by atoms with E-state index in [2.05, 4.69) is 0 Å². The van der Waals surface area contributed by atoms with Crippen molar-refractivity contribution in [1.82, 2.24) is 0 Å². The van der Waals surface area contributed by atoms with Crippen LogP contribution >= 0.6 is 0 Å². The molecule has 0 aromatic heterocycles. The van der Waals surface area contributed by atoms with E-state index in [4.69, 9.17) is 5.11 Å². The molecule has 1 N–H and O–H groups in total. The quantitative estimate of drug-likeness (QED) is 0.867. The molecule has 3 heteroatoms. The average molecular weight is 252 g/mol. The molecule has 0 bridgehead atoms. The average Bonchev–Trinajstić information content (AvgIpc) is 2.13. The number of hydrogen-bond acceptors (Lipinski definition) is 1. The Balaban J connectivity index is 3.12. The molecular weight excluding hydrogens is 231 g/mol. The lowest BCUT2D eigenvalue weighted by Gasteiger charge is -2.27. The van der Waals surface area contributed by atoms with Crippen LogP contribution in [0.5, 0.6) is 0 Å². The van der Waals surface area contributed by atoms with Gasteiger partial charge in [-0.25, -0.2) is 4.39 Å². The fraction of sp³-hybridized carbons (Fsp3) is 0.533. The van der Waals surface area contributed by atoms with Gasteiger partial charge in [-0.1, -0.05) is 38.1 Å². The number of hydrogen-bond donors (Lipinski definition) is 1. The molecule has 100 valence electrons. The SMILES string of the molecule is CC(C)(F)Cc1ccccc1C(C)(C)CC(=O)O. The summed E-state index contributed by atoms with van der Waals surface area (Å²) >= 11 is 0. The van der Waals surface area contributed by atoms with Gasteiger partial charge in [0.05, 0.1) is 6.42 Å². The molecular formula is C15H21FO2. The molecule has 0 saturated heterocycles. The lowest BCUT2D eigenvalue weighted by molar-refractivity contribution is -0.138. The molecule has 0 aliphatic carbocycles. The summed E-state index contributed by atoms with van der Waals surface area (Å²) in [4.78, 5) is 10.9. The Hall–Kier alpha value is -1.38. The molecule has 0 saturated carbocycles. The number of carboxylic acid groups (broad SMARTS) is 1. The van der Waals surface area contributed by atoms with Gasteiger partial charge in [0.2, 0.25) is 0 Å². The van der Waals surface area contributed by atoms with E-state index in [0.29, 0.717) is 6.42 Å². The van der Waals surface area contributed by atoms with Crippen molar-refractivity contribution < 1.29 is 14.3 Å². The molecule has 0 aliphatic rings. The maximum Gasteiger partial charge on any atom is 0.304 e. The first-order valence-corrected chi connectivity index (χ1v) is 6.11. The van der Waals surface area contributed by atoms with Crippen molar-refractivity contribution in [3.8, 4) is 0 Å². The van der Waals surface area contributed by atoms with E-state index >= 15 is 0 Å². The third-order valence-electron chi connectivity index (χ3n) is 2.95. The van der Waals surface area contributed by atoms with Crippen molar-refractivity contribution in [1.29, 1.82) is 0 Å². The normalized spacial score (nSPS) is 12.5. The first kappa shape index (κ1) is 14.7. The van der Waals surface area contributed by atoms with E-state index in [1.165, 1.54) is 13.8 Å². The smallest absolute Gasteiger partial charge is 0.304 e. The van der Waals surface area contributed by atoms with Gasteiger partial charge >= 0.3 is 5.97 Å². The van der Waals surface area contributed by atoms with Crippen molar-refractivity contribution in [2.45, 2.75) is 51.6 Å². The van der Waals surface area contributed by atoms with Gasteiger partial charge in [0.15, 0.2) is 0 Å². The van der Waals surface area contributed by atoms with Crippen molar-refractivity contribution >= 4 is 5.97 Å². The van der Waals surface area contributed by atoms with Crippen molar-refractivity contribution in [3.63, 3.8) is 0 Å². The third kappa shape index (κ3) is 4.13. The largest absolute Gasteiger partial charge is 0.481 e. The summed E-state index contributed by atoms with van der Waals surface area (Å²) in [7, 11) is 0. The number of benzene rings is 1. The maximum absolute atomic E-state index is 13.8. The number of halogens is 1. The molecule has 18 heavy (non-hydrogen) atoms. The van der Waals surface area contributed by atoms with E-state index in [1.807, 2.05) is 38.1 Å². The Labute approximate surface area is 108 Å². The lowest BCUT2D eigenvalue weighted by Crippen LogP contribution is -2.25. The Morgan fingerprint density at radius 1 is 1.22 bits per heavy atom. The predicted octanol–water partition coefficient (Wildman–Crippen LogP) is 3.73. The van der Waals surface area contributed by atoms with Crippen LogP contribution in [-0.2, 0) is 16.6 Å². The van der Waals surface area contributed by atoms with Gasteiger partial charge in [-0.3, -0.25) is 4.79 Å². The van der Waals surface area contributed by atoms with Gasteiger partial charge in [0.1, 0.15) is 5.67 Å². The van der Waals surface area contributed by atoms with E-state index in [1.54, 1.807) is 0 Å². The number of carbonyl (C=O) groups is 1. The second-order valence-electron chi connectivity index (χ2n) is 6.01. The summed E-state index contributed by atoms with van der Waals surface area (Å²) in [5, 5.41) is 8.96. The zero-order chi connectivity index (χ0) is 14.0. The van der Waals surface area contributed by atoms with Gasteiger partial charge in [-0.2, -0.15) is 0 Å². The monoisotopic (exact) mass is 252 g/mol. The zero-order valence-electron chi connectivity index (χ0n) is 11.5. The van der Waals surface area contributed by atoms with Crippen LogP contribution in [-0.4, -0.2) is 16.7 Å². The summed E-state index contributed by atoms with van der Waals surface area (Å²) in [6.07, 6.45) is 0.336. The summed E-state index contributed by atoms with van der Waals surface area (Å²) in [5.74, 6) is -0.839. The maximum atomic E-state index is 13.8. The molecule has 2 nitrogen and oxygen atoms in total. The van der Waals surface area contributed by atoms with Crippen molar-refractivity contribution in [3.05, 3.63) is 35.4 Å². The van der Waals surface area contributed by atoms with E-state index in [0.717, 1.165) is 11.1 Å². The Kier molecular flexibility index (Phi) is 4.15. The highest BCUT2D eigenvalue weighted by Crippen LogP contribution is 2.32. The summed E-state index contributed by atoms with van der Waals surface area (Å²) in [6.45, 7) is 6.83. The van der Waals surface area contributed by atoms with Gasteiger partial charge < -0.3 is 5.11 Å². The van der Waals surface area contributed by atoms with Crippen LogP contribution < -0.4 is 0 Å². The summed E-state index contributed by atoms with van der Waals surface area (Å²) in [6, 6.07) is 7.50. The minimum atomic E-state index is -1.30. The number of carboxylic acids is 1. The highest BCUT2D eigenvalue weighted by molar-refractivity contribution is 5.69. The van der Waals surface area contributed by atoms with Gasteiger partial charge in [-0.15, -0.1) is 0 Å². The van der Waals surface area contributed by atoms with Gasteiger partial charge in [0, 0.05) is 11.8 Å². The minimum Gasteiger partial charge on any atom is -0.481 e. The molecule has 0 atom stereocenters. The Morgan fingerprint density at radius 2 is 1.78 bits per heavy atom. The van der Waals surface area contributed by atoms with Gasteiger partial charge in [-0.05, 0) is 25.0 Å². The molecule has 1 rings (SSSR count). The van der Waals surface area contributed by atoms with E-state index < -0.39 is 17.1 Å². The van der Waals surface area contributed by atoms with Crippen LogP contribution in [0.1, 0.15) is 45.2 Å². The minimum absolute atomic E-state index is 0.0384. The van der Waals surface area contributed by atoms with Crippen LogP contribution in [0.4, 0.5) is 4.39 Å². The first-order chi connectivity index (χ1) is 8.12. The zero-order valence-corrected chi connectivity index (χ0v) is 11.5. The molecule has 0 spiro atoms. The van der Waals surface area contributed by atoms with E-state index in [9.17, 15) is 9.18 Å². The molecule has 0 radical (unpaired) electrons. The van der Waals surface area contributed by atoms with Crippen LogP contribution in [0.25, 0.3) is 0 Å². The lowest BCUT2D eigenvalue weighted by atomic mass is 9.77. The fourth-order valence-corrected chi connectivity index (χ4v) is 2.26. The molecule has 1 aromatic carbocycles. The number of aliphatic carboxylic acids is 1. The molecule has 0 unspecified atom stereocenters. The number of rotatable bonds is 5. The fourth-order valence-electron chi connectivity index (χ4n) is 2.26. The highest BCUT2D eigenvalue weighted by atomic mass is 19.1. The molecule has 0 fully saturated rings.